The Kier molecular flexibility index (Phi) is 38.8. The van der Waals surface area contributed by atoms with E-state index >= 15 is 0 Å². The van der Waals surface area contributed by atoms with Crippen molar-refractivity contribution in [3.05, 3.63) is 9.81 Å². The van der Waals surface area contributed by atoms with Crippen molar-refractivity contribution in [1.82, 2.24) is 0 Å². The van der Waals surface area contributed by atoms with Gasteiger partial charge < -0.3 is 53.1 Å². The van der Waals surface area contributed by atoms with Gasteiger partial charge in [-0.15, -0.1) is 0 Å². The largest absolute Gasteiger partial charge is 0.519 e. The molecule has 8 fully saturated rings. The topological polar surface area (TPSA) is 111 Å². The van der Waals surface area contributed by atoms with Gasteiger partial charge in [-0.1, -0.05) is 113 Å². The fourth-order valence-corrected chi connectivity index (χ4v) is 81.3. The summed E-state index contributed by atoms with van der Waals surface area (Å²) < 4.78 is 85.3. The zero-order chi connectivity index (χ0) is 74.1. The van der Waals surface area contributed by atoms with E-state index in [0.29, 0.717) is 109 Å². The molecule has 0 aromatic heterocycles. The third kappa shape index (κ3) is 18.0. The minimum atomic E-state index is -3.27. The monoisotopic (exact) mass is 1790 g/mol. The van der Waals surface area contributed by atoms with E-state index in [4.69, 9.17) is 53.1 Å². The summed E-state index contributed by atoms with van der Waals surface area (Å²) in [5, 5.41) is 0. The van der Waals surface area contributed by atoms with E-state index in [1.54, 1.807) is 0 Å². The molecule has 102 heavy (non-hydrogen) atoms. The highest BCUT2D eigenvalue weighted by atomic mass is 33.7. The molecule has 32 heteroatoms. The first-order valence-electron chi connectivity index (χ1n) is 39.4. The molecule has 12 nitrogen and oxygen atoms in total. The van der Waals surface area contributed by atoms with Crippen LogP contribution in [0.15, 0.2) is 9.81 Å². The Morgan fingerprint density at radius 2 is 0.569 bits per heavy atom. The summed E-state index contributed by atoms with van der Waals surface area (Å²) in [7, 11) is 19.4. The van der Waals surface area contributed by atoms with Gasteiger partial charge in [0, 0.05) is 79.3 Å². The van der Waals surface area contributed by atoms with Gasteiger partial charge in [0.15, 0.2) is 0 Å². The lowest BCUT2D eigenvalue weighted by molar-refractivity contribution is 0.0347. The lowest BCUT2D eigenvalue weighted by atomic mass is 9.80. The number of hydrogen-bond acceptors (Lipinski definition) is 28. The van der Waals surface area contributed by atoms with Crippen LogP contribution in [0.25, 0.3) is 0 Å². The highest BCUT2D eigenvalue weighted by Crippen LogP contribution is 2.79. The molecule has 0 spiro atoms. The first-order valence-corrected chi connectivity index (χ1v) is 65.6. The summed E-state index contributed by atoms with van der Waals surface area (Å²) >= 11 is 0. The van der Waals surface area contributed by atoms with Crippen LogP contribution >= 0.6 is 165 Å². The first-order chi connectivity index (χ1) is 49.2. The molecule has 596 valence electrons. The van der Waals surface area contributed by atoms with Crippen LogP contribution in [-0.4, -0.2) is 136 Å². The van der Waals surface area contributed by atoms with Crippen LogP contribution in [-0.2, 0) is 53.1 Å². The maximum atomic E-state index is 7.12. The van der Waals surface area contributed by atoms with Crippen LogP contribution in [0.5, 0.6) is 0 Å². The van der Waals surface area contributed by atoms with Crippen LogP contribution in [0.3, 0.4) is 0 Å². The maximum absolute atomic E-state index is 7.12. The van der Waals surface area contributed by atoms with Gasteiger partial charge in [-0.05, 0) is 388 Å². The Morgan fingerprint density at radius 1 is 0.333 bits per heavy atom. The lowest BCUT2D eigenvalue weighted by Crippen LogP contribution is -2.68. The predicted molar refractivity (Wildman–Crippen MR) is 478 cm³/mol. The minimum absolute atomic E-state index is 0.0792. The Labute approximate surface area is 686 Å². The maximum Gasteiger partial charge on any atom is 0.519 e. The highest BCUT2D eigenvalue weighted by Gasteiger charge is 2.80. The number of fused-ring (bicyclic) bond motifs is 8. The van der Waals surface area contributed by atoms with E-state index in [2.05, 4.69) is 196 Å². The first kappa shape index (κ1) is 93.2. The zero-order valence-electron chi connectivity index (χ0n) is 65.6. The molecule has 8 aliphatic carbocycles. The molecule has 8 aliphatic rings. The minimum Gasteiger partial charge on any atom is -0.373 e. The van der Waals surface area contributed by atoms with E-state index in [1.807, 2.05) is 100 Å². The van der Waals surface area contributed by atoms with Gasteiger partial charge in [0.25, 0.3) is 0 Å². The van der Waals surface area contributed by atoms with E-state index in [0.717, 1.165) is 70.6 Å². The van der Waals surface area contributed by atoms with Gasteiger partial charge in [0.2, 0.25) is 0 Å². The van der Waals surface area contributed by atoms with Crippen molar-refractivity contribution in [2.45, 2.75) is 301 Å². The Bertz CT molecular complexity index is 2360. The van der Waals surface area contributed by atoms with Crippen LogP contribution in [0.1, 0.15) is 279 Å². The molecule has 8 bridgehead atoms. The van der Waals surface area contributed by atoms with Crippen LogP contribution < -0.4 is 0 Å². The molecule has 8 saturated carbocycles. The van der Waals surface area contributed by atoms with E-state index in [-0.39, 0.29) is 43.2 Å². The summed E-state index contributed by atoms with van der Waals surface area (Å²) in [6.45, 7) is 49.7. The van der Waals surface area contributed by atoms with Crippen molar-refractivity contribution in [3.8, 4) is 0 Å². The summed E-state index contributed by atoms with van der Waals surface area (Å²) in [6, 6.07) is 0. The van der Waals surface area contributed by atoms with Crippen molar-refractivity contribution < 1.29 is 53.1 Å². The molecule has 0 amide bonds. The number of hydrogen-bond donors (Lipinski definition) is 0. The van der Waals surface area contributed by atoms with Crippen molar-refractivity contribution in [3.63, 3.8) is 0 Å². The van der Waals surface area contributed by atoms with Gasteiger partial charge in [-0.2, -0.15) is 0 Å². The highest BCUT2D eigenvalue weighted by molar-refractivity contribution is 9.30. The van der Waals surface area contributed by atoms with Gasteiger partial charge in [-0.25, -0.2) is 0 Å². The van der Waals surface area contributed by atoms with E-state index in [9.17, 15) is 0 Å². The smallest absolute Gasteiger partial charge is 0.373 e. The summed E-state index contributed by atoms with van der Waals surface area (Å²) in [5.74, 6) is 3.08. The van der Waals surface area contributed by atoms with Gasteiger partial charge >= 0.3 is 35.2 Å². The van der Waals surface area contributed by atoms with Crippen molar-refractivity contribution in [2.24, 2.45) is 51.2 Å². The molecule has 12 atom stereocenters. The summed E-state index contributed by atoms with van der Waals surface area (Å²) in [6.07, 6.45) is 26.5. The molecule has 0 N–H and O–H groups in total. The zero-order valence-corrected chi connectivity index (χ0v) is 82.6. The molecule has 12 unspecified atom stereocenters. The molecular formula is C70H132O12S16Si4. The second-order valence-electron chi connectivity index (χ2n) is 29.5. The van der Waals surface area contributed by atoms with E-state index in [1.165, 1.54) is 86.9 Å². The summed E-state index contributed by atoms with van der Waals surface area (Å²) in [5.41, 5.74) is 1.84. The second kappa shape index (κ2) is 42.4. The fraction of sp³-hybridized carbons (Fsp3) is 0.971. The molecule has 0 aromatic carbocycles. The lowest BCUT2D eigenvalue weighted by Gasteiger charge is -2.52. The molecule has 8 rings (SSSR count). The fourth-order valence-electron chi connectivity index (χ4n) is 20.7. The quantitative estimate of drug-likeness (QED) is 0.0249. The van der Waals surface area contributed by atoms with Crippen LogP contribution in [0, 0.1) is 51.2 Å². The molecule has 0 heterocycles. The normalized spacial score (nSPS) is 32.6. The Morgan fingerprint density at radius 3 is 0.765 bits per heavy atom. The Balaban J connectivity index is 1.26. The standard InChI is InChI=1S/C70H132O12S16Si4/c1-20-60(61(83-91-95-87-67(51-56-38-42-62(67,21-2)47-56)99(71-25-6,72-26-7)73-27-8)84-92-96-88-68(52-57-39-43-63(68,22-3)48-57)100(74-28-9,75-29-10)76-30-11)66(46-37-55(18)19,85-93-97-89-69(53-58-40-44-64(69,23-4)49-58)101(77-31-12,78-32-13)79-33-14)86-94-98-90-70(54-59-41-45-65(70,24-5)50-59)102(80-34-15,81-35-16)82-36-17/h55-59H,20-54H2,1-19H3. The van der Waals surface area contributed by atoms with Gasteiger partial charge in [0.05, 0.1) is 4.24 Å². The summed E-state index contributed by atoms with van der Waals surface area (Å²) in [4.78, 5) is 0. The molecule has 0 radical (unpaired) electrons. The van der Waals surface area contributed by atoms with Crippen LogP contribution in [0.2, 0.25) is 0 Å². The van der Waals surface area contributed by atoms with Crippen molar-refractivity contribution in [1.29, 1.82) is 0 Å². The SMILES string of the molecule is CCO[Si](OCC)(OCC)C1(SSSSC(SSSSC2([Si](OCC)(OCC)OCC)CC3CCC2(CC)C3)=C(CC)C(CCC(C)C)(SSSSC2([Si](OCC)(OCC)OCC)CC3CCC2(CC)C3)SSSSC2([Si](OCC)(OCC)OCC)CC3CCC2(CC)C3)CC2CCC1(CC)C2. The van der Waals surface area contributed by atoms with Crippen LogP contribution in [0.4, 0.5) is 0 Å². The third-order valence-electron chi connectivity index (χ3n) is 24.8. The average molecular weight is 1790 g/mol. The Hall–Kier alpha value is 5.73. The molecule has 0 aromatic rings. The molecule has 0 aliphatic heterocycles. The van der Waals surface area contributed by atoms with Gasteiger partial charge in [-0.3, -0.25) is 0 Å². The predicted octanol–water partition coefficient (Wildman–Crippen LogP) is 27.2. The average Bonchev–Trinajstić information content (AvgIpc) is 1.52. The number of rotatable bonds is 57. The second-order valence-corrected chi connectivity index (χ2v) is 67.3. The molecule has 0 saturated heterocycles. The van der Waals surface area contributed by atoms with Gasteiger partial charge in [0.1, 0.15) is 21.6 Å². The van der Waals surface area contributed by atoms with Crippen molar-refractivity contribution in [2.75, 3.05) is 79.3 Å². The third-order valence-corrected chi connectivity index (χ3v) is 75.8. The molecular weight excluding hydrogens is 1660 g/mol. The van der Waals surface area contributed by atoms with Crippen molar-refractivity contribution >= 4 is 200 Å². The van der Waals surface area contributed by atoms with E-state index < -0.39 is 35.2 Å².